The molecular formula is C26H29N5O. The summed E-state index contributed by atoms with van der Waals surface area (Å²) >= 11 is 0. The van der Waals surface area contributed by atoms with E-state index >= 15 is 0 Å². The van der Waals surface area contributed by atoms with E-state index in [1.165, 1.54) is 11.1 Å². The van der Waals surface area contributed by atoms with Gasteiger partial charge in [-0.05, 0) is 50.3 Å². The van der Waals surface area contributed by atoms with Crippen molar-refractivity contribution >= 4 is 11.7 Å². The van der Waals surface area contributed by atoms with E-state index in [0.717, 1.165) is 62.7 Å². The van der Waals surface area contributed by atoms with Crippen LogP contribution in [0, 0.1) is 6.92 Å². The van der Waals surface area contributed by atoms with Gasteiger partial charge < -0.3 is 9.80 Å². The minimum atomic E-state index is 0.0446. The molecule has 4 heterocycles. The minimum Gasteiger partial charge on any atom is -0.352 e. The van der Waals surface area contributed by atoms with Crippen molar-refractivity contribution in [1.82, 2.24) is 19.9 Å². The molecule has 1 saturated heterocycles. The standard InChI is InChI=1S/C26H29N5O/c1-19-23-12-7-14-30(17-20-8-3-2-4-9-20)25(23)29-24(28-19)22-11-6-15-31(18-22)26(32)21-10-5-13-27-16-21/h2-5,8-10,13,16,22H,6-7,11-12,14-15,17-18H2,1H3. The molecule has 1 amide bonds. The van der Waals surface area contributed by atoms with Gasteiger partial charge in [-0.25, -0.2) is 9.97 Å². The Labute approximate surface area is 189 Å². The molecule has 0 N–H and O–H groups in total. The number of benzene rings is 1. The van der Waals surface area contributed by atoms with Crippen LogP contribution in [0.5, 0.6) is 0 Å². The number of fused-ring (bicyclic) bond motifs is 1. The van der Waals surface area contributed by atoms with Gasteiger partial charge in [0, 0.05) is 55.7 Å². The molecule has 6 nitrogen and oxygen atoms in total. The van der Waals surface area contributed by atoms with Gasteiger partial charge >= 0.3 is 0 Å². The Morgan fingerprint density at radius 3 is 2.75 bits per heavy atom. The fraction of sp³-hybridized carbons (Fsp3) is 0.385. The van der Waals surface area contributed by atoms with E-state index in [-0.39, 0.29) is 11.8 Å². The SMILES string of the molecule is Cc1nc(C2CCCN(C(=O)c3cccnc3)C2)nc2c1CCCN2Cc1ccccc1. The first kappa shape index (κ1) is 20.6. The number of anilines is 1. The Balaban J connectivity index is 1.40. The zero-order valence-electron chi connectivity index (χ0n) is 18.6. The van der Waals surface area contributed by atoms with Crippen LogP contribution in [0.2, 0.25) is 0 Å². The topological polar surface area (TPSA) is 62.2 Å². The summed E-state index contributed by atoms with van der Waals surface area (Å²) in [5.41, 5.74) is 4.29. The molecule has 2 aliphatic heterocycles. The summed E-state index contributed by atoms with van der Waals surface area (Å²) in [4.78, 5) is 31.4. The lowest BCUT2D eigenvalue weighted by atomic mass is 9.95. The van der Waals surface area contributed by atoms with E-state index < -0.39 is 0 Å². The Morgan fingerprint density at radius 1 is 1.06 bits per heavy atom. The zero-order chi connectivity index (χ0) is 21.9. The Kier molecular flexibility index (Phi) is 5.84. The predicted octanol–water partition coefficient (Wildman–Crippen LogP) is 4.15. The first-order chi connectivity index (χ1) is 15.7. The van der Waals surface area contributed by atoms with Crippen LogP contribution in [0.25, 0.3) is 0 Å². The van der Waals surface area contributed by atoms with Gasteiger partial charge in [-0.1, -0.05) is 30.3 Å². The molecule has 5 rings (SSSR count). The number of hydrogen-bond acceptors (Lipinski definition) is 5. The van der Waals surface area contributed by atoms with Crippen LogP contribution in [0.4, 0.5) is 5.82 Å². The first-order valence-electron chi connectivity index (χ1n) is 11.5. The van der Waals surface area contributed by atoms with Crippen molar-refractivity contribution in [3.8, 4) is 0 Å². The molecule has 0 spiro atoms. The van der Waals surface area contributed by atoms with E-state index in [1.54, 1.807) is 12.4 Å². The second-order valence-corrected chi connectivity index (χ2v) is 8.81. The number of pyridine rings is 1. The molecule has 0 bridgehead atoms. The van der Waals surface area contributed by atoms with Crippen molar-refractivity contribution in [2.24, 2.45) is 0 Å². The predicted molar refractivity (Wildman–Crippen MR) is 125 cm³/mol. The van der Waals surface area contributed by atoms with Crippen LogP contribution >= 0.6 is 0 Å². The molecule has 6 heteroatoms. The third-order valence-electron chi connectivity index (χ3n) is 6.56. The van der Waals surface area contributed by atoms with Gasteiger partial charge in [-0.15, -0.1) is 0 Å². The zero-order valence-corrected chi connectivity index (χ0v) is 18.6. The number of amides is 1. The van der Waals surface area contributed by atoms with Crippen LogP contribution < -0.4 is 4.90 Å². The molecule has 1 fully saturated rings. The van der Waals surface area contributed by atoms with Crippen molar-refractivity contribution in [2.75, 3.05) is 24.5 Å². The summed E-state index contributed by atoms with van der Waals surface area (Å²) in [7, 11) is 0. The van der Waals surface area contributed by atoms with E-state index in [4.69, 9.17) is 9.97 Å². The molecule has 1 aromatic carbocycles. The van der Waals surface area contributed by atoms with Gasteiger partial charge in [0.25, 0.3) is 5.91 Å². The largest absolute Gasteiger partial charge is 0.352 e. The van der Waals surface area contributed by atoms with Gasteiger partial charge in [0.2, 0.25) is 0 Å². The minimum absolute atomic E-state index is 0.0446. The molecular weight excluding hydrogens is 398 g/mol. The van der Waals surface area contributed by atoms with Crippen LogP contribution in [0.1, 0.15) is 58.2 Å². The van der Waals surface area contributed by atoms with Crippen LogP contribution in [-0.4, -0.2) is 45.4 Å². The number of piperidine rings is 1. The molecule has 164 valence electrons. The second kappa shape index (κ2) is 9.07. The number of aryl methyl sites for hydroxylation is 1. The van der Waals surface area contributed by atoms with Gasteiger partial charge in [-0.2, -0.15) is 0 Å². The van der Waals surface area contributed by atoms with Crippen molar-refractivity contribution < 1.29 is 4.79 Å². The Bertz CT molecular complexity index is 1090. The van der Waals surface area contributed by atoms with Crippen molar-refractivity contribution in [3.05, 3.63) is 83.1 Å². The average molecular weight is 428 g/mol. The number of rotatable bonds is 4. The summed E-state index contributed by atoms with van der Waals surface area (Å²) < 4.78 is 0. The van der Waals surface area contributed by atoms with Crippen molar-refractivity contribution in [3.63, 3.8) is 0 Å². The number of aromatic nitrogens is 3. The van der Waals surface area contributed by atoms with E-state index in [9.17, 15) is 4.79 Å². The van der Waals surface area contributed by atoms with Crippen LogP contribution in [0.15, 0.2) is 54.9 Å². The normalized spacial score (nSPS) is 18.3. The third-order valence-corrected chi connectivity index (χ3v) is 6.56. The highest BCUT2D eigenvalue weighted by Crippen LogP contribution is 2.32. The quantitative estimate of drug-likeness (QED) is 0.626. The monoisotopic (exact) mass is 427 g/mol. The number of hydrogen-bond donors (Lipinski definition) is 0. The average Bonchev–Trinajstić information content (AvgIpc) is 2.85. The summed E-state index contributed by atoms with van der Waals surface area (Å²) in [6.45, 7) is 5.41. The van der Waals surface area contributed by atoms with Gasteiger partial charge in [0.1, 0.15) is 11.6 Å². The van der Waals surface area contributed by atoms with Crippen molar-refractivity contribution in [1.29, 1.82) is 0 Å². The molecule has 1 atom stereocenters. The highest BCUT2D eigenvalue weighted by Gasteiger charge is 2.30. The molecule has 3 aromatic rings. The molecule has 2 aromatic heterocycles. The molecule has 0 aliphatic carbocycles. The van der Waals surface area contributed by atoms with Crippen molar-refractivity contribution in [2.45, 2.75) is 45.1 Å². The maximum atomic E-state index is 13.0. The van der Waals surface area contributed by atoms with Gasteiger partial charge in [-0.3, -0.25) is 9.78 Å². The summed E-state index contributed by atoms with van der Waals surface area (Å²) in [5.74, 6) is 2.17. The lowest BCUT2D eigenvalue weighted by Crippen LogP contribution is -2.40. The van der Waals surface area contributed by atoms with E-state index in [1.807, 2.05) is 17.0 Å². The highest BCUT2D eigenvalue weighted by atomic mass is 16.2. The second-order valence-electron chi connectivity index (χ2n) is 8.81. The fourth-order valence-electron chi connectivity index (χ4n) is 4.89. The Hall–Kier alpha value is -3.28. The first-order valence-corrected chi connectivity index (χ1v) is 11.5. The number of carbonyl (C=O) groups is 1. The van der Waals surface area contributed by atoms with Gasteiger partial charge in [0.05, 0.1) is 5.56 Å². The van der Waals surface area contributed by atoms with Crippen LogP contribution in [0.3, 0.4) is 0 Å². The summed E-state index contributed by atoms with van der Waals surface area (Å²) in [6, 6.07) is 14.2. The molecule has 32 heavy (non-hydrogen) atoms. The number of carbonyl (C=O) groups excluding carboxylic acids is 1. The molecule has 0 radical (unpaired) electrons. The number of likely N-dealkylation sites (tertiary alicyclic amines) is 1. The highest BCUT2D eigenvalue weighted by molar-refractivity contribution is 5.94. The lowest BCUT2D eigenvalue weighted by molar-refractivity contribution is 0.0704. The van der Waals surface area contributed by atoms with E-state index in [2.05, 4.69) is 47.1 Å². The maximum absolute atomic E-state index is 13.0. The lowest BCUT2D eigenvalue weighted by Gasteiger charge is -2.34. The van der Waals surface area contributed by atoms with Gasteiger partial charge in [0.15, 0.2) is 0 Å². The van der Waals surface area contributed by atoms with E-state index in [0.29, 0.717) is 12.1 Å². The third kappa shape index (κ3) is 4.22. The molecule has 1 unspecified atom stereocenters. The number of nitrogens with zero attached hydrogens (tertiary/aromatic N) is 5. The maximum Gasteiger partial charge on any atom is 0.255 e. The smallest absolute Gasteiger partial charge is 0.255 e. The molecule has 2 aliphatic rings. The fourth-order valence-corrected chi connectivity index (χ4v) is 4.89. The van der Waals surface area contributed by atoms with Crippen LogP contribution in [-0.2, 0) is 13.0 Å². The summed E-state index contributed by atoms with van der Waals surface area (Å²) in [6.07, 6.45) is 7.47. The molecule has 0 saturated carbocycles. The summed E-state index contributed by atoms with van der Waals surface area (Å²) in [5, 5.41) is 0. The Morgan fingerprint density at radius 2 is 1.94 bits per heavy atom.